The molecule has 6 nitrogen and oxygen atoms in total. The summed E-state index contributed by atoms with van der Waals surface area (Å²) in [6, 6.07) is 9.71. The van der Waals surface area contributed by atoms with Crippen molar-refractivity contribution in [1.82, 2.24) is 5.32 Å². The molecule has 1 N–H and O–H groups in total. The van der Waals surface area contributed by atoms with Gasteiger partial charge in [-0.15, -0.1) is 0 Å². The SMILES string of the molecule is CC(=O)O[C@H]1C[C@]2(C)[C@H]3CC=C4[C@@H]5[C@@H](C)[C@H](C)CC[C@]5(NC(=O)c5ccccc5)CC[C@@]4(C)[C@]3(C)CC[C@H]2C(C)(C)[C@H]1OC(C)=O. The molecular weight excluding hydrogens is 574 g/mol. The van der Waals surface area contributed by atoms with E-state index in [1.807, 2.05) is 30.3 Å². The standard InChI is InChI=1S/C40H57NO5/c1-24-17-20-40(41-35(44)28-13-11-10-12-14-28)22-21-38(8)29(33(40)25(24)2)15-16-32-37(7)23-30(45-26(3)42)34(46-27(4)43)36(5,6)31(37)18-19-39(32,38)9/h10-15,24-25,30-34H,16-23H2,1-9H3,(H,41,44)/t24-,25+,30+,31+,32-,33+,34+,37+,38-,39-,40+/m1/s1. The predicted molar refractivity (Wildman–Crippen MR) is 180 cm³/mol. The molecule has 1 aromatic rings. The van der Waals surface area contributed by atoms with E-state index in [-0.39, 0.29) is 45.0 Å². The number of rotatable bonds is 4. The summed E-state index contributed by atoms with van der Waals surface area (Å²) < 4.78 is 12.0. The Labute approximate surface area is 276 Å². The van der Waals surface area contributed by atoms with E-state index < -0.39 is 12.2 Å². The summed E-state index contributed by atoms with van der Waals surface area (Å²) in [6.45, 7) is 19.8. The lowest BCUT2D eigenvalue weighted by molar-refractivity contribution is -0.243. The van der Waals surface area contributed by atoms with E-state index in [0.717, 1.165) is 50.5 Å². The molecule has 46 heavy (non-hydrogen) atoms. The Balaban J connectivity index is 1.40. The fourth-order valence-corrected chi connectivity index (χ4v) is 12.4. The average molecular weight is 632 g/mol. The molecule has 1 aromatic carbocycles. The number of ether oxygens (including phenoxy) is 2. The van der Waals surface area contributed by atoms with Crippen molar-refractivity contribution in [3.63, 3.8) is 0 Å². The number of benzene rings is 1. The van der Waals surface area contributed by atoms with Gasteiger partial charge in [-0.3, -0.25) is 14.4 Å². The molecule has 0 bridgehead atoms. The molecular formula is C40H57NO5. The van der Waals surface area contributed by atoms with Gasteiger partial charge in [-0.05, 0) is 103 Å². The van der Waals surface area contributed by atoms with Gasteiger partial charge in [-0.1, -0.05) is 78.3 Å². The number of allylic oxidation sites excluding steroid dienone is 1. The first-order valence-electron chi connectivity index (χ1n) is 17.9. The largest absolute Gasteiger partial charge is 0.459 e. The maximum Gasteiger partial charge on any atom is 0.303 e. The van der Waals surface area contributed by atoms with Crippen molar-refractivity contribution in [2.75, 3.05) is 0 Å². The Kier molecular flexibility index (Phi) is 8.12. The van der Waals surface area contributed by atoms with E-state index in [2.05, 4.69) is 59.9 Å². The normalized spacial score (nSPS) is 44.2. The van der Waals surface area contributed by atoms with Gasteiger partial charge in [0.05, 0.1) is 0 Å². The van der Waals surface area contributed by atoms with Crippen LogP contribution in [-0.2, 0) is 19.1 Å². The number of hydrogen-bond donors (Lipinski definition) is 1. The van der Waals surface area contributed by atoms with Crippen molar-refractivity contribution in [2.45, 2.75) is 131 Å². The lowest BCUT2D eigenvalue weighted by Gasteiger charge is -2.72. The Bertz CT molecular complexity index is 1420. The molecule has 1 amide bonds. The van der Waals surface area contributed by atoms with Gasteiger partial charge < -0.3 is 14.8 Å². The Morgan fingerprint density at radius 3 is 2.15 bits per heavy atom. The second kappa shape index (κ2) is 11.2. The van der Waals surface area contributed by atoms with Crippen LogP contribution in [0.1, 0.15) is 124 Å². The molecule has 0 radical (unpaired) electrons. The molecule has 5 aliphatic rings. The van der Waals surface area contributed by atoms with Crippen molar-refractivity contribution < 1.29 is 23.9 Å². The fourth-order valence-electron chi connectivity index (χ4n) is 12.4. The first kappa shape index (κ1) is 33.3. The molecule has 11 atom stereocenters. The minimum Gasteiger partial charge on any atom is -0.459 e. The number of carbonyl (C=O) groups is 3. The van der Waals surface area contributed by atoms with Gasteiger partial charge in [0.25, 0.3) is 5.91 Å². The van der Waals surface area contributed by atoms with Crippen LogP contribution in [0.25, 0.3) is 0 Å². The second-order valence-electron chi connectivity index (χ2n) is 17.3. The topological polar surface area (TPSA) is 81.7 Å². The molecule has 0 spiro atoms. The summed E-state index contributed by atoms with van der Waals surface area (Å²) >= 11 is 0. The number of carbonyl (C=O) groups excluding carboxylic acids is 3. The van der Waals surface area contributed by atoms with Crippen LogP contribution in [0.2, 0.25) is 0 Å². The molecule has 5 aliphatic carbocycles. The first-order chi connectivity index (χ1) is 21.5. The summed E-state index contributed by atoms with van der Waals surface area (Å²) in [5.74, 6) is 1.49. The quantitative estimate of drug-likeness (QED) is 0.267. The predicted octanol–water partition coefficient (Wildman–Crippen LogP) is 8.30. The van der Waals surface area contributed by atoms with E-state index in [1.165, 1.54) is 13.8 Å². The molecule has 0 heterocycles. The lowest BCUT2D eigenvalue weighted by Crippen LogP contribution is -2.69. The molecule has 252 valence electrons. The van der Waals surface area contributed by atoms with Gasteiger partial charge in [-0.2, -0.15) is 0 Å². The van der Waals surface area contributed by atoms with Gasteiger partial charge in [0.2, 0.25) is 0 Å². The summed E-state index contributed by atoms with van der Waals surface area (Å²) in [4.78, 5) is 38.4. The van der Waals surface area contributed by atoms with Gasteiger partial charge in [0.15, 0.2) is 0 Å². The maximum absolute atomic E-state index is 13.7. The van der Waals surface area contributed by atoms with Crippen LogP contribution in [0.3, 0.4) is 0 Å². The molecule has 4 saturated carbocycles. The van der Waals surface area contributed by atoms with Crippen LogP contribution in [0.4, 0.5) is 0 Å². The minimum atomic E-state index is -0.468. The third-order valence-electron chi connectivity index (χ3n) is 14.9. The second-order valence-corrected chi connectivity index (χ2v) is 17.3. The number of amides is 1. The zero-order valence-corrected chi connectivity index (χ0v) is 29.7. The third-order valence-corrected chi connectivity index (χ3v) is 14.9. The van der Waals surface area contributed by atoms with Gasteiger partial charge in [0, 0.05) is 36.3 Å². The van der Waals surface area contributed by atoms with Crippen LogP contribution < -0.4 is 5.32 Å². The van der Waals surface area contributed by atoms with Crippen LogP contribution in [0.15, 0.2) is 42.0 Å². The monoisotopic (exact) mass is 631 g/mol. The molecule has 0 unspecified atom stereocenters. The number of fused-ring (bicyclic) bond motifs is 7. The van der Waals surface area contributed by atoms with E-state index >= 15 is 0 Å². The van der Waals surface area contributed by atoms with E-state index in [9.17, 15) is 14.4 Å². The van der Waals surface area contributed by atoms with Crippen molar-refractivity contribution in [2.24, 2.45) is 51.2 Å². The highest BCUT2D eigenvalue weighted by Crippen LogP contribution is 2.75. The molecule has 4 fully saturated rings. The van der Waals surface area contributed by atoms with Crippen molar-refractivity contribution in [3.8, 4) is 0 Å². The summed E-state index contributed by atoms with van der Waals surface area (Å²) in [6.07, 6.45) is 9.70. The summed E-state index contributed by atoms with van der Waals surface area (Å²) in [5.41, 5.74) is 1.68. The zero-order chi connectivity index (χ0) is 33.4. The van der Waals surface area contributed by atoms with Crippen molar-refractivity contribution in [3.05, 3.63) is 47.5 Å². The molecule has 0 saturated heterocycles. The lowest BCUT2D eigenvalue weighted by atomic mass is 9.33. The summed E-state index contributed by atoms with van der Waals surface area (Å²) in [7, 11) is 0. The Hall–Kier alpha value is -2.63. The van der Waals surface area contributed by atoms with Crippen molar-refractivity contribution >= 4 is 17.8 Å². The van der Waals surface area contributed by atoms with Crippen LogP contribution in [0, 0.1) is 51.2 Å². The third kappa shape index (κ3) is 4.81. The molecule has 0 aromatic heterocycles. The molecule has 0 aliphatic heterocycles. The fraction of sp³-hybridized carbons (Fsp3) is 0.725. The number of esters is 2. The highest BCUT2D eigenvalue weighted by atomic mass is 16.6. The molecule has 6 heteroatoms. The summed E-state index contributed by atoms with van der Waals surface area (Å²) in [5, 5.41) is 3.67. The Morgan fingerprint density at radius 2 is 1.50 bits per heavy atom. The first-order valence-corrected chi connectivity index (χ1v) is 17.9. The van der Waals surface area contributed by atoms with Crippen LogP contribution >= 0.6 is 0 Å². The zero-order valence-electron chi connectivity index (χ0n) is 29.7. The van der Waals surface area contributed by atoms with E-state index in [0.29, 0.717) is 36.0 Å². The van der Waals surface area contributed by atoms with Crippen molar-refractivity contribution in [1.29, 1.82) is 0 Å². The minimum absolute atomic E-state index is 0.00529. The van der Waals surface area contributed by atoms with E-state index in [1.54, 1.807) is 5.57 Å². The van der Waals surface area contributed by atoms with Gasteiger partial charge in [-0.25, -0.2) is 0 Å². The van der Waals surface area contributed by atoms with E-state index in [4.69, 9.17) is 9.47 Å². The number of nitrogens with one attached hydrogen (secondary N) is 1. The van der Waals surface area contributed by atoms with Crippen LogP contribution in [-0.4, -0.2) is 35.6 Å². The average Bonchev–Trinajstić information content (AvgIpc) is 2.97. The highest BCUT2D eigenvalue weighted by Gasteiger charge is 2.70. The smallest absolute Gasteiger partial charge is 0.303 e. The van der Waals surface area contributed by atoms with Crippen LogP contribution in [0.5, 0.6) is 0 Å². The van der Waals surface area contributed by atoms with Gasteiger partial charge in [0.1, 0.15) is 12.2 Å². The highest BCUT2D eigenvalue weighted by molar-refractivity contribution is 5.94. The Morgan fingerprint density at radius 1 is 0.826 bits per heavy atom. The number of hydrogen-bond acceptors (Lipinski definition) is 5. The maximum atomic E-state index is 13.7. The van der Waals surface area contributed by atoms with Gasteiger partial charge >= 0.3 is 11.9 Å². The molecule has 6 rings (SSSR count).